The number of rotatable bonds is 8. The van der Waals surface area contributed by atoms with Crippen molar-refractivity contribution in [2.45, 2.75) is 57.6 Å². The van der Waals surface area contributed by atoms with Crippen molar-refractivity contribution in [1.29, 1.82) is 0 Å². The second kappa shape index (κ2) is 6.73. The summed E-state index contributed by atoms with van der Waals surface area (Å²) in [6.45, 7) is 7.70. The predicted octanol–water partition coefficient (Wildman–Crippen LogP) is 3.97. The van der Waals surface area contributed by atoms with E-state index in [1.54, 1.807) is 0 Å². The summed E-state index contributed by atoms with van der Waals surface area (Å²) in [6, 6.07) is 11.5. The summed E-state index contributed by atoms with van der Waals surface area (Å²) in [6.07, 6.45) is 3.58. The predicted molar refractivity (Wildman–Crippen MR) is 85.1 cm³/mol. The monoisotopic (exact) mass is 275 g/mol. The molecule has 1 aromatic carbocycles. The van der Waals surface area contributed by atoms with Crippen molar-refractivity contribution >= 4 is 0 Å². The van der Waals surface area contributed by atoms with E-state index in [-0.39, 0.29) is 5.60 Å². The highest BCUT2D eigenvalue weighted by molar-refractivity contribution is 5.26. The molecule has 1 N–H and O–H groups in total. The Hall–Kier alpha value is -0.860. The van der Waals surface area contributed by atoms with E-state index < -0.39 is 0 Å². The van der Waals surface area contributed by atoms with E-state index in [1.807, 2.05) is 7.11 Å². The van der Waals surface area contributed by atoms with E-state index in [9.17, 15) is 0 Å². The van der Waals surface area contributed by atoms with Crippen LogP contribution in [-0.4, -0.2) is 25.3 Å². The van der Waals surface area contributed by atoms with Crippen molar-refractivity contribution in [2.24, 2.45) is 5.92 Å². The Morgan fingerprint density at radius 3 is 2.60 bits per heavy atom. The lowest BCUT2D eigenvalue weighted by atomic mass is 9.93. The van der Waals surface area contributed by atoms with E-state index in [1.165, 1.54) is 18.4 Å². The molecule has 0 aromatic heterocycles. The summed E-state index contributed by atoms with van der Waals surface area (Å²) in [7, 11) is 1.82. The smallest absolute Gasteiger partial charge is 0.0637 e. The summed E-state index contributed by atoms with van der Waals surface area (Å²) < 4.78 is 5.63. The Morgan fingerprint density at radius 1 is 1.30 bits per heavy atom. The van der Waals surface area contributed by atoms with E-state index in [0.717, 1.165) is 24.8 Å². The lowest BCUT2D eigenvalue weighted by Crippen LogP contribution is -2.39. The van der Waals surface area contributed by atoms with Crippen LogP contribution in [0.5, 0.6) is 0 Å². The van der Waals surface area contributed by atoms with Crippen molar-refractivity contribution in [1.82, 2.24) is 5.32 Å². The first kappa shape index (κ1) is 15.5. The average Bonchev–Trinajstić information content (AvgIpc) is 3.25. The van der Waals surface area contributed by atoms with Gasteiger partial charge < -0.3 is 10.1 Å². The molecule has 20 heavy (non-hydrogen) atoms. The van der Waals surface area contributed by atoms with Crippen LogP contribution in [0.1, 0.15) is 51.5 Å². The van der Waals surface area contributed by atoms with Gasteiger partial charge in [-0.3, -0.25) is 0 Å². The van der Waals surface area contributed by atoms with Gasteiger partial charge in [0.1, 0.15) is 0 Å². The molecule has 2 heteroatoms. The zero-order valence-corrected chi connectivity index (χ0v) is 13.4. The Labute approximate surface area is 123 Å². The molecule has 0 aliphatic heterocycles. The van der Waals surface area contributed by atoms with Gasteiger partial charge in [0.15, 0.2) is 0 Å². The first-order chi connectivity index (χ1) is 9.57. The third-order valence-corrected chi connectivity index (χ3v) is 4.50. The zero-order valence-electron chi connectivity index (χ0n) is 13.4. The highest BCUT2D eigenvalue weighted by Gasteiger charge is 2.44. The lowest BCUT2D eigenvalue weighted by molar-refractivity contribution is 0.00499. The van der Waals surface area contributed by atoms with E-state index in [0.29, 0.717) is 6.04 Å². The van der Waals surface area contributed by atoms with Gasteiger partial charge in [-0.15, -0.1) is 0 Å². The molecule has 0 spiro atoms. The van der Waals surface area contributed by atoms with Crippen LogP contribution in [0.15, 0.2) is 30.3 Å². The molecule has 1 aliphatic rings. The minimum absolute atomic E-state index is 0.0464. The second-order valence-corrected chi connectivity index (χ2v) is 6.65. The molecule has 0 heterocycles. The number of ether oxygens (including phenoxy) is 1. The van der Waals surface area contributed by atoms with Gasteiger partial charge in [-0.25, -0.2) is 0 Å². The van der Waals surface area contributed by atoms with Crippen LogP contribution in [0.3, 0.4) is 0 Å². The fourth-order valence-corrected chi connectivity index (χ4v) is 3.06. The normalized spacial score (nSPS) is 23.6. The molecule has 0 radical (unpaired) electrons. The molecular formula is C18H29NO. The maximum atomic E-state index is 5.63. The van der Waals surface area contributed by atoms with Gasteiger partial charge >= 0.3 is 0 Å². The molecular weight excluding hydrogens is 246 g/mol. The molecule has 1 saturated carbocycles. The summed E-state index contributed by atoms with van der Waals surface area (Å²) in [5.41, 5.74) is 1.45. The Bertz CT molecular complexity index is 401. The molecule has 3 unspecified atom stereocenters. The van der Waals surface area contributed by atoms with Gasteiger partial charge in [0, 0.05) is 13.2 Å². The Balaban J connectivity index is 1.98. The maximum absolute atomic E-state index is 5.63. The summed E-state index contributed by atoms with van der Waals surface area (Å²) in [5, 5.41) is 3.74. The van der Waals surface area contributed by atoms with Crippen molar-refractivity contribution < 1.29 is 4.74 Å². The summed E-state index contributed by atoms with van der Waals surface area (Å²) >= 11 is 0. The minimum atomic E-state index is -0.0464. The van der Waals surface area contributed by atoms with Crippen LogP contribution in [0.4, 0.5) is 0 Å². The minimum Gasteiger partial charge on any atom is -0.379 e. The highest BCUT2D eigenvalue weighted by Crippen LogP contribution is 2.50. The van der Waals surface area contributed by atoms with Crippen molar-refractivity contribution in [3.63, 3.8) is 0 Å². The number of benzene rings is 1. The second-order valence-electron chi connectivity index (χ2n) is 6.65. The van der Waals surface area contributed by atoms with Crippen LogP contribution in [-0.2, 0) is 4.74 Å². The molecule has 112 valence electrons. The van der Waals surface area contributed by atoms with Gasteiger partial charge in [-0.2, -0.15) is 0 Å². The molecule has 1 aromatic rings. The number of methoxy groups -OCH3 is 1. The van der Waals surface area contributed by atoms with E-state index in [2.05, 4.69) is 56.4 Å². The largest absolute Gasteiger partial charge is 0.379 e. The number of hydrogen-bond donors (Lipinski definition) is 1. The van der Waals surface area contributed by atoms with Crippen LogP contribution in [0.2, 0.25) is 0 Å². The maximum Gasteiger partial charge on any atom is 0.0637 e. The number of nitrogens with one attached hydrogen (secondary N) is 1. The van der Waals surface area contributed by atoms with Crippen LogP contribution >= 0.6 is 0 Å². The van der Waals surface area contributed by atoms with Gasteiger partial charge in [-0.1, -0.05) is 37.3 Å². The Kier molecular flexibility index (Phi) is 5.22. The third kappa shape index (κ3) is 4.07. The molecule has 0 amide bonds. The van der Waals surface area contributed by atoms with E-state index in [4.69, 9.17) is 4.74 Å². The summed E-state index contributed by atoms with van der Waals surface area (Å²) in [4.78, 5) is 0. The molecule has 0 saturated heterocycles. The van der Waals surface area contributed by atoms with Crippen LogP contribution in [0, 0.1) is 5.92 Å². The first-order valence-corrected chi connectivity index (χ1v) is 7.91. The molecule has 2 nitrogen and oxygen atoms in total. The molecule has 2 rings (SSSR count). The highest BCUT2D eigenvalue weighted by atomic mass is 16.5. The SMILES string of the molecule is CCCNC(CC(C)(C)OC)C1CC1c1ccccc1. The number of hydrogen-bond acceptors (Lipinski definition) is 2. The van der Waals surface area contributed by atoms with Crippen molar-refractivity contribution in [3.05, 3.63) is 35.9 Å². The van der Waals surface area contributed by atoms with Crippen LogP contribution in [0.25, 0.3) is 0 Å². The molecule has 1 fully saturated rings. The van der Waals surface area contributed by atoms with Gasteiger partial charge in [0.2, 0.25) is 0 Å². The molecule has 0 bridgehead atoms. The average molecular weight is 275 g/mol. The van der Waals surface area contributed by atoms with Crippen molar-refractivity contribution in [2.75, 3.05) is 13.7 Å². The lowest BCUT2D eigenvalue weighted by Gasteiger charge is -2.29. The zero-order chi connectivity index (χ0) is 14.6. The van der Waals surface area contributed by atoms with Crippen molar-refractivity contribution in [3.8, 4) is 0 Å². The third-order valence-electron chi connectivity index (χ3n) is 4.50. The quantitative estimate of drug-likeness (QED) is 0.775. The molecule has 1 aliphatic carbocycles. The molecule has 3 atom stereocenters. The van der Waals surface area contributed by atoms with Gasteiger partial charge in [0.25, 0.3) is 0 Å². The standard InChI is InChI=1S/C18H29NO/c1-5-11-19-17(13-18(2,3)20-4)16-12-15(16)14-9-7-6-8-10-14/h6-10,15-17,19H,5,11-13H2,1-4H3. The fraction of sp³-hybridized carbons (Fsp3) is 0.667. The Morgan fingerprint density at radius 2 is 2.00 bits per heavy atom. The van der Waals surface area contributed by atoms with E-state index >= 15 is 0 Å². The summed E-state index contributed by atoms with van der Waals surface area (Å²) in [5.74, 6) is 1.50. The topological polar surface area (TPSA) is 21.3 Å². The van der Waals surface area contributed by atoms with Gasteiger partial charge in [-0.05, 0) is 57.1 Å². The first-order valence-electron chi connectivity index (χ1n) is 7.91. The fourth-order valence-electron chi connectivity index (χ4n) is 3.06. The van der Waals surface area contributed by atoms with Gasteiger partial charge in [0.05, 0.1) is 5.60 Å². The van der Waals surface area contributed by atoms with Crippen LogP contribution < -0.4 is 5.32 Å².